The number of nitrogens with one attached hydrogen (secondary N) is 1. The van der Waals surface area contributed by atoms with E-state index in [1.54, 1.807) is 13.2 Å². The second-order valence-electron chi connectivity index (χ2n) is 3.16. The molecule has 5 nitrogen and oxygen atoms in total. The van der Waals surface area contributed by atoms with Crippen molar-refractivity contribution in [2.75, 3.05) is 19.0 Å². The van der Waals surface area contributed by atoms with Gasteiger partial charge in [-0.05, 0) is 19.1 Å². The first-order chi connectivity index (χ1) is 7.13. The van der Waals surface area contributed by atoms with Gasteiger partial charge in [-0.3, -0.25) is 0 Å². The smallest absolute Gasteiger partial charge is 0.354 e. The van der Waals surface area contributed by atoms with Gasteiger partial charge in [-0.1, -0.05) is 0 Å². The third kappa shape index (κ3) is 3.55. The molecule has 1 unspecified atom stereocenters. The Hall–Kier alpha value is -1.62. The molecule has 0 amide bonds. The number of aromatic carboxylic acids is 1. The van der Waals surface area contributed by atoms with Gasteiger partial charge in [0.15, 0.2) is 0 Å². The molecule has 0 bridgehead atoms. The van der Waals surface area contributed by atoms with Gasteiger partial charge in [0.25, 0.3) is 0 Å². The van der Waals surface area contributed by atoms with Gasteiger partial charge in [0.1, 0.15) is 5.69 Å². The van der Waals surface area contributed by atoms with E-state index in [9.17, 15) is 4.79 Å². The van der Waals surface area contributed by atoms with Gasteiger partial charge in [-0.15, -0.1) is 0 Å². The molecule has 0 fully saturated rings. The van der Waals surface area contributed by atoms with Gasteiger partial charge in [0, 0.05) is 13.7 Å². The summed E-state index contributed by atoms with van der Waals surface area (Å²) in [5.41, 5.74) is 0.823. The van der Waals surface area contributed by atoms with E-state index in [1.165, 1.54) is 12.3 Å². The first kappa shape index (κ1) is 11.5. The number of methoxy groups -OCH3 is 1. The minimum absolute atomic E-state index is 0.0420. The average molecular weight is 210 g/mol. The van der Waals surface area contributed by atoms with Crippen molar-refractivity contribution in [3.8, 4) is 0 Å². The highest BCUT2D eigenvalue weighted by molar-refractivity contribution is 5.85. The van der Waals surface area contributed by atoms with Crippen LogP contribution < -0.4 is 5.32 Å². The quantitative estimate of drug-likeness (QED) is 0.764. The highest BCUT2D eigenvalue weighted by Crippen LogP contribution is 2.06. The first-order valence-corrected chi connectivity index (χ1v) is 4.59. The van der Waals surface area contributed by atoms with Crippen LogP contribution in [-0.2, 0) is 4.74 Å². The van der Waals surface area contributed by atoms with Crippen LogP contribution in [0, 0.1) is 0 Å². The third-order valence-electron chi connectivity index (χ3n) is 1.98. The van der Waals surface area contributed by atoms with Gasteiger partial charge < -0.3 is 15.2 Å². The number of pyridine rings is 1. The fraction of sp³-hybridized carbons (Fsp3) is 0.400. The number of carboxylic acid groups (broad SMARTS) is 1. The van der Waals surface area contributed by atoms with Crippen LogP contribution in [0.3, 0.4) is 0 Å². The highest BCUT2D eigenvalue weighted by Gasteiger charge is 2.04. The van der Waals surface area contributed by atoms with Crippen molar-refractivity contribution in [1.29, 1.82) is 0 Å². The molecule has 0 aliphatic rings. The monoisotopic (exact) mass is 210 g/mol. The number of hydrogen-bond donors (Lipinski definition) is 2. The lowest BCUT2D eigenvalue weighted by Gasteiger charge is -2.11. The van der Waals surface area contributed by atoms with E-state index in [1.807, 2.05) is 6.92 Å². The van der Waals surface area contributed by atoms with E-state index in [0.29, 0.717) is 6.54 Å². The molecule has 1 heterocycles. The molecule has 1 aromatic heterocycles. The van der Waals surface area contributed by atoms with Crippen LogP contribution in [0.25, 0.3) is 0 Å². The summed E-state index contributed by atoms with van der Waals surface area (Å²) in [4.78, 5) is 14.3. The summed E-state index contributed by atoms with van der Waals surface area (Å²) in [6.07, 6.45) is 1.59. The Morgan fingerprint density at radius 2 is 2.40 bits per heavy atom. The number of aromatic nitrogens is 1. The normalized spacial score (nSPS) is 12.1. The molecule has 0 saturated carbocycles. The lowest BCUT2D eigenvalue weighted by molar-refractivity contribution is 0.0690. The van der Waals surface area contributed by atoms with E-state index in [0.717, 1.165) is 5.69 Å². The maximum Gasteiger partial charge on any atom is 0.354 e. The molecule has 0 aromatic carbocycles. The van der Waals surface area contributed by atoms with Crippen LogP contribution in [0.4, 0.5) is 5.69 Å². The number of rotatable bonds is 5. The number of hydrogen-bond acceptors (Lipinski definition) is 4. The second kappa shape index (κ2) is 5.31. The Kier molecular flexibility index (Phi) is 4.05. The third-order valence-corrected chi connectivity index (χ3v) is 1.98. The van der Waals surface area contributed by atoms with Crippen molar-refractivity contribution in [2.24, 2.45) is 0 Å². The van der Waals surface area contributed by atoms with Crippen LogP contribution in [0.5, 0.6) is 0 Å². The number of carboxylic acids is 1. The van der Waals surface area contributed by atoms with E-state index >= 15 is 0 Å². The summed E-state index contributed by atoms with van der Waals surface area (Å²) < 4.78 is 5.06. The summed E-state index contributed by atoms with van der Waals surface area (Å²) in [5.74, 6) is -1.02. The molecule has 5 heteroatoms. The van der Waals surface area contributed by atoms with E-state index < -0.39 is 5.97 Å². The fourth-order valence-corrected chi connectivity index (χ4v) is 0.970. The fourth-order valence-electron chi connectivity index (χ4n) is 0.970. The van der Waals surface area contributed by atoms with Crippen LogP contribution in [0.2, 0.25) is 0 Å². The topological polar surface area (TPSA) is 71.5 Å². The maximum atomic E-state index is 10.5. The summed E-state index contributed by atoms with van der Waals surface area (Å²) in [6, 6.07) is 3.14. The molecule has 0 spiro atoms. The predicted molar refractivity (Wildman–Crippen MR) is 56.2 cm³/mol. The molecule has 0 aliphatic heterocycles. The summed E-state index contributed by atoms with van der Waals surface area (Å²) >= 11 is 0. The Bertz CT molecular complexity index is 324. The van der Waals surface area contributed by atoms with Crippen LogP contribution in [0.1, 0.15) is 17.4 Å². The van der Waals surface area contributed by atoms with Gasteiger partial charge >= 0.3 is 5.97 Å². The zero-order valence-corrected chi connectivity index (χ0v) is 8.73. The first-order valence-electron chi connectivity index (χ1n) is 4.59. The SMILES string of the molecule is COC(C)CNc1ccc(C(=O)O)nc1. The summed E-state index contributed by atoms with van der Waals surface area (Å²) in [7, 11) is 1.64. The van der Waals surface area contributed by atoms with Gasteiger partial charge in [0.05, 0.1) is 18.0 Å². The van der Waals surface area contributed by atoms with Crippen molar-refractivity contribution in [3.63, 3.8) is 0 Å². The number of nitrogens with zero attached hydrogens (tertiary/aromatic N) is 1. The van der Waals surface area contributed by atoms with Crippen LogP contribution >= 0.6 is 0 Å². The molecule has 1 rings (SSSR count). The largest absolute Gasteiger partial charge is 0.477 e. The molecule has 0 saturated heterocycles. The Balaban J connectivity index is 2.53. The predicted octanol–water partition coefficient (Wildman–Crippen LogP) is 1.23. The van der Waals surface area contributed by atoms with Gasteiger partial charge in [-0.2, -0.15) is 0 Å². The minimum Gasteiger partial charge on any atom is -0.477 e. The minimum atomic E-state index is -1.02. The lowest BCUT2D eigenvalue weighted by Crippen LogP contribution is -2.18. The maximum absolute atomic E-state index is 10.5. The van der Waals surface area contributed by atoms with E-state index in [-0.39, 0.29) is 11.8 Å². The average Bonchev–Trinajstić information content (AvgIpc) is 2.26. The van der Waals surface area contributed by atoms with Crippen LogP contribution in [-0.4, -0.2) is 35.8 Å². The molecular formula is C10H14N2O3. The molecule has 82 valence electrons. The standard InChI is InChI=1S/C10H14N2O3/c1-7(15-2)5-11-8-3-4-9(10(13)14)12-6-8/h3-4,6-7,11H,5H2,1-2H3,(H,13,14). The lowest BCUT2D eigenvalue weighted by atomic mass is 10.3. The van der Waals surface area contributed by atoms with Crippen molar-refractivity contribution in [3.05, 3.63) is 24.0 Å². The molecule has 2 N–H and O–H groups in total. The van der Waals surface area contributed by atoms with Crippen molar-refractivity contribution in [1.82, 2.24) is 4.98 Å². The number of carbonyl (C=O) groups is 1. The van der Waals surface area contributed by atoms with Crippen LogP contribution in [0.15, 0.2) is 18.3 Å². The molecule has 0 aliphatic carbocycles. The summed E-state index contributed by atoms with van der Waals surface area (Å²) in [6.45, 7) is 2.59. The molecule has 0 radical (unpaired) electrons. The highest BCUT2D eigenvalue weighted by atomic mass is 16.5. The molecular weight excluding hydrogens is 196 g/mol. The van der Waals surface area contributed by atoms with Gasteiger partial charge in [-0.25, -0.2) is 9.78 Å². The molecule has 1 atom stereocenters. The summed E-state index contributed by atoms with van der Waals surface area (Å²) in [5, 5.41) is 11.7. The second-order valence-corrected chi connectivity index (χ2v) is 3.16. The molecule has 1 aromatic rings. The number of ether oxygens (including phenoxy) is 1. The Morgan fingerprint density at radius 3 is 2.87 bits per heavy atom. The van der Waals surface area contributed by atoms with Crippen molar-refractivity contribution in [2.45, 2.75) is 13.0 Å². The number of anilines is 1. The Morgan fingerprint density at radius 1 is 1.67 bits per heavy atom. The molecule has 15 heavy (non-hydrogen) atoms. The van der Waals surface area contributed by atoms with E-state index in [4.69, 9.17) is 9.84 Å². The zero-order valence-electron chi connectivity index (χ0n) is 8.73. The van der Waals surface area contributed by atoms with E-state index in [2.05, 4.69) is 10.3 Å². The zero-order chi connectivity index (χ0) is 11.3. The van der Waals surface area contributed by atoms with Crippen molar-refractivity contribution < 1.29 is 14.6 Å². The van der Waals surface area contributed by atoms with Gasteiger partial charge in [0.2, 0.25) is 0 Å². The van der Waals surface area contributed by atoms with Crippen molar-refractivity contribution >= 4 is 11.7 Å². The Labute approximate surface area is 88.1 Å².